The molecule has 4 rings (SSSR count). The predicted molar refractivity (Wildman–Crippen MR) is 148 cm³/mol. The van der Waals surface area contributed by atoms with Crippen molar-refractivity contribution >= 4 is 17.9 Å². The third-order valence-electron chi connectivity index (χ3n) is 11.1. The molecule has 0 bridgehead atoms. The van der Waals surface area contributed by atoms with Gasteiger partial charge in [-0.15, -0.1) is 0 Å². The second-order valence-electron chi connectivity index (χ2n) is 13.3. The molecule has 2 saturated heterocycles. The van der Waals surface area contributed by atoms with Gasteiger partial charge in [0.05, 0.1) is 0 Å². The normalized spacial score (nSPS) is 46.5. The van der Waals surface area contributed by atoms with Crippen LogP contribution in [0.25, 0.3) is 0 Å². The first-order valence-electron chi connectivity index (χ1n) is 15.2. The highest BCUT2D eigenvalue weighted by atomic mass is 16.7. The van der Waals surface area contributed by atoms with Crippen molar-refractivity contribution in [2.45, 2.75) is 137 Å². The van der Waals surface area contributed by atoms with E-state index in [1.165, 1.54) is 0 Å². The van der Waals surface area contributed by atoms with Gasteiger partial charge in [-0.2, -0.15) is 0 Å². The molecular formula is C32H50O7. The number of ether oxygens (including phenoxy) is 4. The molecule has 0 aromatic heterocycles. The van der Waals surface area contributed by atoms with E-state index in [9.17, 15) is 14.4 Å². The summed E-state index contributed by atoms with van der Waals surface area (Å²) in [6.45, 7) is 19.1. The van der Waals surface area contributed by atoms with E-state index in [0.717, 1.165) is 31.3 Å². The lowest BCUT2D eigenvalue weighted by Gasteiger charge is -2.59. The minimum atomic E-state index is -0.988. The molecule has 11 atom stereocenters. The number of epoxide rings is 1. The molecule has 2 aliphatic carbocycles. The summed E-state index contributed by atoms with van der Waals surface area (Å²) < 4.78 is 24.7. The SMILES string of the molecule is CCCCC(=O)O[C@H]1C[C@H](C)[C@@]2(C)[C@H]([C@H]1C)[C@H](C)[C@]13O[C@]1(C)C(=O)O[C@H]3/C=C(/C)C[C@H](OC(=O)CCC)[C@@H]2C. The van der Waals surface area contributed by atoms with E-state index in [4.69, 9.17) is 18.9 Å². The molecule has 220 valence electrons. The number of hydrogen-bond acceptors (Lipinski definition) is 7. The van der Waals surface area contributed by atoms with Crippen molar-refractivity contribution in [2.24, 2.45) is 35.0 Å². The lowest BCUT2D eigenvalue weighted by molar-refractivity contribution is -0.188. The van der Waals surface area contributed by atoms with Gasteiger partial charge in [0.1, 0.15) is 12.2 Å². The second kappa shape index (κ2) is 10.8. The fourth-order valence-electron chi connectivity index (χ4n) is 8.56. The Balaban J connectivity index is 1.80. The largest absolute Gasteiger partial charge is 0.462 e. The number of rotatable bonds is 7. The number of fused-ring (bicyclic) bond motifs is 1. The Morgan fingerprint density at radius 3 is 2.23 bits per heavy atom. The molecule has 2 aliphatic heterocycles. The highest BCUT2D eigenvalue weighted by molar-refractivity contribution is 5.88. The van der Waals surface area contributed by atoms with Gasteiger partial charge in [0.2, 0.25) is 0 Å². The van der Waals surface area contributed by atoms with Crippen LogP contribution in [0.4, 0.5) is 0 Å². The van der Waals surface area contributed by atoms with Crippen LogP contribution in [-0.2, 0) is 33.3 Å². The Labute approximate surface area is 234 Å². The van der Waals surface area contributed by atoms with Crippen molar-refractivity contribution < 1.29 is 33.3 Å². The van der Waals surface area contributed by atoms with Gasteiger partial charge < -0.3 is 18.9 Å². The van der Waals surface area contributed by atoms with E-state index in [1.807, 2.05) is 26.8 Å². The fraction of sp³-hybridized carbons (Fsp3) is 0.844. The number of esters is 3. The molecule has 0 N–H and O–H groups in total. The minimum Gasteiger partial charge on any atom is -0.462 e. The molecule has 1 saturated carbocycles. The number of carbonyl (C=O) groups is 3. The Morgan fingerprint density at radius 1 is 0.974 bits per heavy atom. The molecular weight excluding hydrogens is 496 g/mol. The van der Waals surface area contributed by atoms with E-state index in [0.29, 0.717) is 19.3 Å². The molecule has 39 heavy (non-hydrogen) atoms. The summed E-state index contributed by atoms with van der Waals surface area (Å²) in [7, 11) is 0. The van der Waals surface area contributed by atoms with E-state index in [-0.39, 0.29) is 65.1 Å². The van der Waals surface area contributed by atoms with Gasteiger partial charge in [0.15, 0.2) is 17.3 Å². The topological polar surface area (TPSA) is 91.4 Å². The number of hydrogen-bond donors (Lipinski definition) is 0. The van der Waals surface area contributed by atoms with Crippen LogP contribution in [0.15, 0.2) is 11.6 Å². The maximum Gasteiger partial charge on any atom is 0.342 e. The molecule has 0 amide bonds. The zero-order chi connectivity index (χ0) is 28.9. The van der Waals surface area contributed by atoms with Crippen molar-refractivity contribution in [1.82, 2.24) is 0 Å². The minimum absolute atomic E-state index is 0.0184. The quantitative estimate of drug-likeness (QED) is 0.163. The Hall–Kier alpha value is -1.89. The molecule has 7 heteroatoms. The smallest absolute Gasteiger partial charge is 0.342 e. The summed E-state index contributed by atoms with van der Waals surface area (Å²) in [4.78, 5) is 38.6. The van der Waals surface area contributed by atoms with E-state index >= 15 is 0 Å². The maximum atomic E-state index is 13.1. The molecule has 0 unspecified atom stereocenters. The first-order valence-corrected chi connectivity index (χ1v) is 15.2. The lowest BCUT2D eigenvalue weighted by atomic mass is 9.47. The molecule has 4 aliphatic rings. The van der Waals surface area contributed by atoms with Crippen molar-refractivity contribution in [3.8, 4) is 0 Å². The summed E-state index contributed by atoms with van der Waals surface area (Å²) in [5.41, 5.74) is -1.01. The van der Waals surface area contributed by atoms with Gasteiger partial charge in [-0.1, -0.05) is 60.5 Å². The molecule has 0 radical (unpaired) electrons. The van der Waals surface area contributed by atoms with Gasteiger partial charge in [-0.3, -0.25) is 9.59 Å². The molecule has 7 nitrogen and oxygen atoms in total. The average Bonchev–Trinajstić information content (AvgIpc) is 3.46. The highest BCUT2D eigenvalue weighted by Crippen LogP contribution is 2.68. The van der Waals surface area contributed by atoms with Gasteiger partial charge >= 0.3 is 17.9 Å². The lowest BCUT2D eigenvalue weighted by Crippen LogP contribution is -2.59. The predicted octanol–water partition coefficient (Wildman–Crippen LogP) is 6.17. The zero-order valence-electron chi connectivity index (χ0n) is 25.5. The number of unbranched alkanes of at least 4 members (excludes halogenated alkanes) is 1. The van der Waals surface area contributed by atoms with Crippen LogP contribution in [0, 0.1) is 35.0 Å². The average molecular weight is 547 g/mol. The Kier molecular flexibility index (Phi) is 8.35. The Morgan fingerprint density at radius 2 is 1.62 bits per heavy atom. The zero-order valence-corrected chi connectivity index (χ0v) is 25.5. The summed E-state index contributed by atoms with van der Waals surface area (Å²) in [6, 6.07) is 0. The van der Waals surface area contributed by atoms with Crippen molar-refractivity contribution in [2.75, 3.05) is 0 Å². The van der Waals surface area contributed by atoms with Crippen LogP contribution in [0.5, 0.6) is 0 Å². The first-order chi connectivity index (χ1) is 18.3. The third kappa shape index (κ3) is 4.74. The van der Waals surface area contributed by atoms with Crippen molar-refractivity contribution in [3.05, 3.63) is 11.6 Å². The van der Waals surface area contributed by atoms with Crippen molar-refractivity contribution in [3.63, 3.8) is 0 Å². The van der Waals surface area contributed by atoms with Crippen LogP contribution >= 0.6 is 0 Å². The van der Waals surface area contributed by atoms with Gasteiger partial charge in [-0.25, -0.2) is 4.79 Å². The van der Waals surface area contributed by atoms with Crippen LogP contribution in [0.1, 0.15) is 107 Å². The second-order valence-corrected chi connectivity index (χ2v) is 13.3. The van der Waals surface area contributed by atoms with E-state index < -0.39 is 17.3 Å². The van der Waals surface area contributed by atoms with Crippen molar-refractivity contribution in [1.29, 1.82) is 0 Å². The fourth-order valence-corrected chi connectivity index (χ4v) is 8.56. The maximum absolute atomic E-state index is 13.1. The third-order valence-corrected chi connectivity index (χ3v) is 11.1. The summed E-state index contributed by atoms with van der Waals surface area (Å²) in [6.07, 6.45) is 5.61. The van der Waals surface area contributed by atoms with Gasteiger partial charge in [-0.05, 0) is 74.2 Å². The van der Waals surface area contributed by atoms with Gasteiger partial charge in [0, 0.05) is 19.3 Å². The van der Waals surface area contributed by atoms with E-state index in [2.05, 4.69) is 41.5 Å². The standard InChI is InChI=1S/C32H50O7/c1-10-12-14-27(34)36-23-17-19(4)30(8)21(6)24(37-26(33)13-11-2)15-18(3)16-25-32(22(7)28(30)20(23)5)31(9,39-32)29(35)38-25/h16,19-25,28H,10-15,17H2,1-9H3/b18-16-/t19-,20-,21-,22-,23-,24-,25-,28+,30+,31+,32+/m0/s1. The first kappa shape index (κ1) is 30.1. The molecule has 1 spiro atoms. The summed E-state index contributed by atoms with van der Waals surface area (Å²) in [5.74, 6) is -0.458. The summed E-state index contributed by atoms with van der Waals surface area (Å²) >= 11 is 0. The van der Waals surface area contributed by atoms with Crippen LogP contribution in [-0.4, -0.2) is 47.4 Å². The van der Waals surface area contributed by atoms with Crippen LogP contribution < -0.4 is 0 Å². The van der Waals surface area contributed by atoms with Crippen LogP contribution in [0.2, 0.25) is 0 Å². The molecule has 0 aromatic carbocycles. The number of carbonyl (C=O) groups excluding carboxylic acids is 3. The van der Waals surface area contributed by atoms with E-state index in [1.54, 1.807) is 0 Å². The molecule has 0 aromatic rings. The Bertz CT molecular complexity index is 1000. The summed E-state index contributed by atoms with van der Waals surface area (Å²) in [5, 5.41) is 0. The highest BCUT2D eigenvalue weighted by Gasteiger charge is 2.84. The monoisotopic (exact) mass is 546 g/mol. The van der Waals surface area contributed by atoms with Gasteiger partial charge in [0.25, 0.3) is 0 Å². The molecule has 3 fully saturated rings. The molecule has 2 heterocycles. The van der Waals surface area contributed by atoms with Crippen LogP contribution in [0.3, 0.4) is 0 Å².